The first-order valence-electron chi connectivity index (χ1n) is 16.4. The van der Waals surface area contributed by atoms with Gasteiger partial charge in [0.2, 0.25) is 5.95 Å². The predicted octanol–water partition coefficient (Wildman–Crippen LogP) is 12.3. The number of benzene rings is 7. The van der Waals surface area contributed by atoms with Crippen LogP contribution >= 0.6 is 11.3 Å². The second-order valence-electron chi connectivity index (χ2n) is 12.5. The zero-order valence-corrected chi connectivity index (χ0v) is 26.9. The van der Waals surface area contributed by atoms with Gasteiger partial charge in [-0.15, -0.1) is 11.3 Å². The van der Waals surface area contributed by atoms with Crippen molar-refractivity contribution in [2.24, 2.45) is 0 Å². The van der Waals surface area contributed by atoms with Gasteiger partial charge in [0.05, 0.1) is 26.9 Å². The highest BCUT2D eigenvalue weighted by Crippen LogP contribution is 2.43. The molecule has 11 aromatic rings. The number of rotatable bonds is 3. The van der Waals surface area contributed by atoms with Gasteiger partial charge in [-0.25, -0.2) is 9.97 Å². The SMILES string of the molecule is c1ccc2c(-c3nc(-n4c5ccccc5c5cc(-c6cccc7c6oc6ccccc67)ccc54)nc4c3sc3ccccc34)cccc2c1. The number of furan rings is 1. The van der Waals surface area contributed by atoms with Crippen LogP contribution < -0.4 is 0 Å². The largest absolute Gasteiger partial charge is 0.455 e. The molecule has 4 aromatic heterocycles. The summed E-state index contributed by atoms with van der Waals surface area (Å²) >= 11 is 1.76. The van der Waals surface area contributed by atoms with Gasteiger partial charge in [-0.05, 0) is 46.7 Å². The Balaban J connectivity index is 1.20. The number of hydrogen-bond donors (Lipinski definition) is 0. The fourth-order valence-electron chi connectivity index (χ4n) is 7.62. The number of para-hydroxylation sites is 3. The summed E-state index contributed by atoms with van der Waals surface area (Å²) in [6.45, 7) is 0. The first-order valence-corrected chi connectivity index (χ1v) is 17.2. The Bertz CT molecular complexity index is 3120. The zero-order valence-electron chi connectivity index (χ0n) is 26.1. The number of fused-ring (bicyclic) bond motifs is 10. The molecule has 0 N–H and O–H groups in total. The monoisotopic (exact) mass is 643 g/mol. The van der Waals surface area contributed by atoms with Gasteiger partial charge in [-0.1, -0.05) is 121 Å². The molecule has 228 valence electrons. The van der Waals surface area contributed by atoms with Gasteiger partial charge >= 0.3 is 0 Å². The Morgan fingerprint density at radius 1 is 0.510 bits per heavy atom. The second-order valence-corrected chi connectivity index (χ2v) is 13.6. The van der Waals surface area contributed by atoms with Gasteiger partial charge in [-0.2, -0.15) is 0 Å². The maximum absolute atomic E-state index is 6.44. The molecule has 11 rings (SSSR count). The molecule has 0 aliphatic carbocycles. The van der Waals surface area contributed by atoms with Gasteiger partial charge in [0, 0.05) is 42.8 Å². The van der Waals surface area contributed by atoms with Gasteiger partial charge in [0.1, 0.15) is 11.2 Å². The molecule has 4 nitrogen and oxygen atoms in total. The summed E-state index contributed by atoms with van der Waals surface area (Å²) in [4.78, 5) is 10.8. The van der Waals surface area contributed by atoms with Crippen molar-refractivity contribution < 1.29 is 4.42 Å². The minimum Gasteiger partial charge on any atom is -0.455 e. The normalized spacial score (nSPS) is 12.1. The van der Waals surface area contributed by atoms with Crippen molar-refractivity contribution in [1.29, 1.82) is 0 Å². The quantitative estimate of drug-likeness (QED) is 0.192. The van der Waals surface area contributed by atoms with E-state index < -0.39 is 0 Å². The van der Waals surface area contributed by atoms with Crippen molar-refractivity contribution in [3.8, 4) is 28.3 Å². The minimum absolute atomic E-state index is 0.664. The van der Waals surface area contributed by atoms with E-state index >= 15 is 0 Å². The first-order chi connectivity index (χ1) is 24.3. The highest BCUT2D eigenvalue weighted by Gasteiger charge is 2.21. The van der Waals surface area contributed by atoms with Crippen molar-refractivity contribution in [1.82, 2.24) is 14.5 Å². The molecule has 7 aromatic carbocycles. The molecule has 0 unspecified atom stereocenters. The van der Waals surface area contributed by atoms with Gasteiger partial charge in [0.15, 0.2) is 0 Å². The Morgan fingerprint density at radius 2 is 1.20 bits per heavy atom. The average molecular weight is 644 g/mol. The fourth-order valence-corrected chi connectivity index (χ4v) is 8.77. The zero-order chi connectivity index (χ0) is 32.1. The first kappa shape index (κ1) is 26.7. The average Bonchev–Trinajstić information content (AvgIpc) is 3.84. The summed E-state index contributed by atoms with van der Waals surface area (Å²) < 4.78 is 11.0. The molecule has 5 heteroatoms. The fraction of sp³-hybridized carbons (Fsp3) is 0. The van der Waals surface area contributed by atoms with Crippen LogP contribution in [0.25, 0.3) is 103 Å². The predicted molar refractivity (Wildman–Crippen MR) is 205 cm³/mol. The summed E-state index contributed by atoms with van der Waals surface area (Å²) in [5.74, 6) is 0.664. The van der Waals surface area contributed by atoms with Gasteiger partial charge in [0.25, 0.3) is 0 Å². The van der Waals surface area contributed by atoms with Crippen molar-refractivity contribution in [3.05, 3.63) is 152 Å². The van der Waals surface area contributed by atoms with E-state index in [0.29, 0.717) is 5.95 Å². The number of thiophene rings is 1. The number of nitrogens with zero attached hydrogens (tertiary/aromatic N) is 3. The molecule has 0 fully saturated rings. The maximum Gasteiger partial charge on any atom is 0.235 e. The van der Waals surface area contributed by atoms with Crippen molar-refractivity contribution in [3.63, 3.8) is 0 Å². The topological polar surface area (TPSA) is 43.9 Å². The van der Waals surface area contributed by atoms with E-state index in [9.17, 15) is 0 Å². The Morgan fingerprint density at radius 3 is 2.14 bits per heavy atom. The molecule has 0 aliphatic heterocycles. The lowest BCUT2D eigenvalue weighted by Gasteiger charge is -2.12. The summed E-state index contributed by atoms with van der Waals surface area (Å²) in [6.07, 6.45) is 0. The van der Waals surface area contributed by atoms with E-state index in [4.69, 9.17) is 14.4 Å². The lowest BCUT2D eigenvalue weighted by atomic mass is 10.0. The van der Waals surface area contributed by atoms with Crippen molar-refractivity contribution in [2.45, 2.75) is 0 Å². The Kier molecular flexibility index (Phi) is 5.51. The van der Waals surface area contributed by atoms with Crippen LogP contribution in [0.2, 0.25) is 0 Å². The molecular weight excluding hydrogens is 619 g/mol. The summed E-state index contributed by atoms with van der Waals surface area (Å²) in [7, 11) is 0. The minimum atomic E-state index is 0.664. The van der Waals surface area contributed by atoms with E-state index in [1.54, 1.807) is 11.3 Å². The highest BCUT2D eigenvalue weighted by atomic mass is 32.1. The molecule has 0 bridgehead atoms. The third-order valence-electron chi connectivity index (χ3n) is 9.84. The van der Waals surface area contributed by atoms with Gasteiger partial charge in [-0.3, -0.25) is 4.57 Å². The lowest BCUT2D eigenvalue weighted by Crippen LogP contribution is -2.02. The molecule has 0 atom stereocenters. The van der Waals surface area contributed by atoms with Crippen LogP contribution in [0, 0.1) is 0 Å². The number of hydrogen-bond acceptors (Lipinski definition) is 4. The summed E-state index contributed by atoms with van der Waals surface area (Å²) in [5.41, 5.74) is 9.17. The van der Waals surface area contributed by atoms with Crippen LogP contribution in [0.3, 0.4) is 0 Å². The van der Waals surface area contributed by atoms with Crippen LogP contribution in [0.1, 0.15) is 0 Å². The van der Waals surface area contributed by atoms with Crippen LogP contribution in [0.15, 0.2) is 156 Å². The van der Waals surface area contributed by atoms with Crippen molar-refractivity contribution in [2.75, 3.05) is 0 Å². The van der Waals surface area contributed by atoms with E-state index in [2.05, 4.69) is 144 Å². The summed E-state index contributed by atoms with van der Waals surface area (Å²) in [6, 6.07) is 53.5. The molecule has 0 saturated carbocycles. The van der Waals surface area contributed by atoms with Crippen LogP contribution in [0.5, 0.6) is 0 Å². The Labute approximate surface area is 284 Å². The standard InChI is InChI=1S/C44H25N3OS/c1-2-13-28-26(11-1)12-9-18-32(28)40-43-41(34-16-5-8-22-39(34)49-43)46-44(45-40)47-36-20-6-3-14-30(36)35-25-27(23-24-37(35)47)29-17-10-19-33-31-15-4-7-21-38(31)48-42(29)33/h1-25H. The lowest BCUT2D eigenvalue weighted by molar-refractivity contribution is 0.670. The number of aromatic nitrogens is 3. The third-order valence-corrected chi connectivity index (χ3v) is 11.0. The highest BCUT2D eigenvalue weighted by molar-refractivity contribution is 7.26. The van der Waals surface area contributed by atoms with Crippen LogP contribution in [0.4, 0.5) is 0 Å². The van der Waals surface area contributed by atoms with Crippen LogP contribution in [-0.4, -0.2) is 14.5 Å². The van der Waals surface area contributed by atoms with Crippen molar-refractivity contribution >= 4 is 86.2 Å². The molecule has 49 heavy (non-hydrogen) atoms. The maximum atomic E-state index is 6.44. The molecule has 0 radical (unpaired) electrons. The molecule has 0 spiro atoms. The van der Waals surface area contributed by atoms with E-state index in [0.717, 1.165) is 81.7 Å². The molecule has 0 saturated heterocycles. The summed E-state index contributed by atoms with van der Waals surface area (Å²) in [5, 5.41) is 8.08. The van der Waals surface area contributed by atoms with Crippen LogP contribution in [-0.2, 0) is 0 Å². The van der Waals surface area contributed by atoms with E-state index in [1.165, 1.54) is 15.5 Å². The molecule has 4 heterocycles. The molecule has 0 aliphatic rings. The smallest absolute Gasteiger partial charge is 0.235 e. The molecule has 0 amide bonds. The van der Waals surface area contributed by atoms with Gasteiger partial charge < -0.3 is 4.42 Å². The third kappa shape index (κ3) is 3.85. The van der Waals surface area contributed by atoms with E-state index in [1.807, 2.05) is 12.1 Å². The second kappa shape index (κ2) is 10.1. The Hall–Kier alpha value is -6.30. The molecular formula is C44H25N3OS. The van der Waals surface area contributed by atoms with E-state index in [-0.39, 0.29) is 0 Å².